The summed E-state index contributed by atoms with van der Waals surface area (Å²) in [5.74, 6) is -0.568. The molecule has 1 aliphatic rings. The van der Waals surface area contributed by atoms with Crippen molar-refractivity contribution in [3.8, 4) is 0 Å². The van der Waals surface area contributed by atoms with Crippen molar-refractivity contribution in [3.05, 3.63) is 89.4 Å². The van der Waals surface area contributed by atoms with Gasteiger partial charge in [-0.05, 0) is 54.3 Å². The molecule has 1 atom stereocenters. The van der Waals surface area contributed by atoms with E-state index >= 15 is 0 Å². The second kappa shape index (κ2) is 8.97. The molecule has 154 valence electrons. The molecule has 2 aromatic carbocycles. The summed E-state index contributed by atoms with van der Waals surface area (Å²) >= 11 is 0. The minimum Gasteiger partial charge on any atom is -0.468 e. The van der Waals surface area contributed by atoms with Gasteiger partial charge in [0.05, 0.1) is 12.3 Å². The van der Waals surface area contributed by atoms with Crippen LogP contribution in [0.25, 0.3) is 0 Å². The highest BCUT2D eigenvalue weighted by molar-refractivity contribution is 6.39. The molecule has 2 heterocycles. The Kier molecular flexibility index (Phi) is 5.95. The molecule has 3 aromatic rings. The fraction of sp³-hybridized carbons (Fsp3) is 0.250. The average Bonchev–Trinajstić information content (AvgIpc) is 3.28. The summed E-state index contributed by atoms with van der Waals surface area (Å²) in [5.41, 5.74) is 4.25. The van der Waals surface area contributed by atoms with E-state index in [-0.39, 0.29) is 12.6 Å². The van der Waals surface area contributed by atoms with Crippen LogP contribution in [0.5, 0.6) is 0 Å². The number of carbonyl (C=O) groups is 2. The van der Waals surface area contributed by atoms with Crippen molar-refractivity contribution in [1.29, 1.82) is 0 Å². The molecule has 0 saturated heterocycles. The van der Waals surface area contributed by atoms with Crippen LogP contribution in [-0.4, -0.2) is 29.8 Å². The highest BCUT2D eigenvalue weighted by Crippen LogP contribution is 2.27. The molecule has 0 fully saturated rings. The number of fused-ring (bicyclic) bond motifs is 1. The average molecular weight is 403 g/mol. The molecule has 1 unspecified atom stereocenters. The second-order valence-electron chi connectivity index (χ2n) is 7.55. The van der Waals surface area contributed by atoms with E-state index in [0.29, 0.717) is 5.69 Å². The maximum Gasteiger partial charge on any atom is 0.313 e. The van der Waals surface area contributed by atoms with E-state index in [1.54, 1.807) is 12.3 Å². The molecule has 0 aliphatic carbocycles. The van der Waals surface area contributed by atoms with Crippen LogP contribution in [0, 0.1) is 6.92 Å². The zero-order valence-corrected chi connectivity index (χ0v) is 16.9. The lowest BCUT2D eigenvalue weighted by Gasteiger charge is -2.34. The number of benzene rings is 2. The lowest BCUT2D eigenvalue weighted by Crippen LogP contribution is -2.43. The second-order valence-corrected chi connectivity index (χ2v) is 7.55. The Hall–Kier alpha value is -3.38. The Balaban J connectivity index is 1.42. The fourth-order valence-electron chi connectivity index (χ4n) is 3.85. The summed E-state index contributed by atoms with van der Waals surface area (Å²) in [5, 5.41) is 5.42. The third-order valence-electron chi connectivity index (χ3n) is 5.41. The zero-order valence-electron chi connectivity index (χ0n) is 16.9. The van der Waals surface area contributed by atoms with E-state index in [0.717, 1.165) is 30.8 Å². The van der Waals surface area contributed by atoms with Crippen LogP contribution in [0.15, 0.2) is 71.3 Å². The molecule has 6 heteroatoms. The molecule has 2 amide bonds. The van der Waals surface area contributed by atoms with E-state index in [4.69, 9.17) is 4.42 Å². The number of anilines is 1. The third-order valence-corrected chi connectivity index (χ3v) is 5.41. The first-order chi connectivity index (χ1) is 14.6. The Bertz CT molecular complexity index is 1030. The van der Waals surface area contributed by atoms with E-state index in [9.17, 15) is 9.59 Å². The SMILES string of the molecule is Cc1cccc(NC(=O)C(=O)NCC(c2ccco2)N2CCc3ccccc3C2)c1. The third kappa shape index (κ3) is 4.60. The van der Waals surface area contributed by atoms with Gasteiger partial charge in [-0.15, -0.1) is 0 Å². The van der Waals surface area contributed by atoms with Gasteiger partial charge in [0.25, 0.3) is 0 Å². The quantitative estimate of drug-likeness (QED) is 0.640. The minimum absolute atomic E-state index is 0.149. The molecule has 0 radical (unpaired) electrons. The summed E-state index contributed by atoms with van der Waals surface area (Å²) in [6, 6.07) is 19.3. The summed E-state index contributed by atoms with van der Waals surface area (Å²) < 4.78 is 5.64. The van der Waals surface area contributed by atoms with Crippen molar-refractivity contribution < 1.29 is 14.0 Å². The number of hydrogen-bond donors (Lipinski definition) is 2. The molecule has 0 saturated carbocycles. The van der Waals surface area contributed by atoms with Crippen LogP contribution in [0.2, 0.25) is 0 Å². The predicted molar refractivity (Wildman–Crippen MR) is 115 cm³/mol. The summed E-state index contributed by atoms with van der Waals surface area (Å²) in [6.07, 6.45) is 2.57. The van der Waals surface area contributed by atoms with Crippen LogP contribution in [-0.2, 0) is 22.6 Å². The van der Waals surface area contributed by atoms with Crippen molar-refractivity contribution in [2.75, 3.05) is 18.4 Å². The lowest BCUT2D eigenvalue weighted by atomic mass is 9.98. The summed E-state index contributed by atoms with van der Waals surface area (Å²) in [6.45, 7) is 3.84. The number of furan rings is 1. The topological polar surface area (TPSA) is 74.6 Å². The fourth-order valence-corrected chi connectivity index (χ4v) is 3.85. The molecular formula is C24H25N3O3. The van der Waals surface area contributed by atoms with E-state index in [1.165, 1.54) is 11.1 Å². The number of carbonyl (C=O) groups excluding carboxylic acids is 2. The predicted octanol–water partition coefficient (Wildman–Crippen LogP) is 3.44. The Labute approximate surface area is 175 Å². The van der Waals surface area contributed by atoms with Crippen LogP contribution in [0.1, 0.15) is 28.5 Å². The van der Waals surface area contributed by atoms with Crippen LogP contribution in [0.4, 0.5) is 5.69 Å². The number of amides is 2. The lowest BCUT2D eigenvalue weighted by molar-refractivity contribution is -0.136. The summed E-state index contributed by atoms with van der Waals surface area (Å²) in [4.78, 5) is 27.0. The van der Waals surface area contributed by atoms with Gasteiger partial charge in [-0.3, -0.25) is 14.5 Å². The van der Waals surface area contributed by atoms with Crippen molar-refractivity contribution in [2.24, 2.45) is 0 Å². The highest BCUT2D eigenvalue weighted by atomic mass is 16.3. The van der Waals surface area contributed by atoms with Gasteiger partial charge in [0.1, 0.15) is 5.76 Å². The van der Waals surface area contributed by atoms with Gasteiger partial charge < -0.3 is 15.1 Å². The molecular weight excluding hydrogens is 378 g/mol. The van der Waals surface area contributed by atoms with Gasteiger partial charge in [-0.2, -0.15) is 0 Å². The number of aryl methyl sites for hydroxylation is 1. The monoisotopic (exact) mass is 403 g/mol. The highest BCUT2D eigenvalue weighted by Gasteiger charge is 2.27. The Morgan fingerprint density at radius 1 is 1.03 bits per heavy atom. The number of hydrogen-bond acceptors (Lipinski definition) is 4. The molecule has 0 bridgehead atoms. The van der Waals surface area contributed by atoms with Crippen molar-refractivity contribution >= 4 is 17.5 Å². The van der Waals surface area contributed by atoms with E-state index in [2.05, 4.69) is 33.7 Å². The van der Waals surface area contributed by atoms with Crippen LogP contribution < -0.4 is 10.6 Å². The van der Waals surface area contributed by atoms with Crippen molar-refractivity contribution in [1.82, 2.24) is 10.2 Å². The first kappa shape index (κ1) is 19.9. The molecule has 2 N–H and O–H groups in total. The van der Waals surface area contributed by atoms with Crippen molar-refractivity contribution in [2.45, 2.75) is 25.9 Å². The Morgan fingerprint density at radius 2 is 1.87 bits per heavy atom. The first-order valence-electron chi connectivity index (χ1n) is 10.1. The van der Waals surface area contributed by atoms with Gasteiger partial charge in [0.15, 0.2) is 0 Å². The standard InChI is InChI=1S/C24H25N3O3/c1-17-6-4-9-20(14-17)26-24(29)23(28)25-15-21(22-10-5-13-30-22)27-12-11-18-7-2-3-8-19(18)16-27/h2-10,13-14,21H,11-12,15-16H2,1H3,(H,25,28)(H,26,29). The zero-order chi connectivity index (χ0) is 20.9. The van der Waals surface area contributed by atoms with Crippen molar-refractivity contribution in [3.63, 3.8) is 0 Å². The smallest absolute Gasteiger partial charge is 0.313 e. The van der Waals surface area contributed by atoms with Gasteiger partial charge in [-0.1, -0.05) is 36.4 Å². The maximum atomic E-state index is 12.4. The molecule has 1 aliphatic heterocycles. The van der Waals surface area contributed by atoms with Crippen LogP contribution in [0.3, 0.4) is 0 Å². The normalized spacial score (nSPS) is 14.6. The number of nitrogens with one attached hydrogen (secondary N) is 2. The number of nitrogens with zero attached hydrogens (tertiary/aromatic N) is 1. The molecule has 30 heavy (non-hydrogen) atoms. The van der Waals surface area contributed by atoms with Gasteiger partial charge >= 0.3 is 11.8 Å². The maximum absolute atomic E-state index is 12.4. The van der Waals surface area contributed by atoms with E-state index in [1.807, 2.05) is 43.3 Å². The summed E-state index contributed by atoms with van der Waals surface area (Å²) in [7, 11) is 0. The molecule has 4 rings (SSSR count). The first-order valence-corrected chi connectivity index (χ1v) is 10.1. The minimum atomic E-state index is -0.678. The van der Waals surface area contributed by atoms with Gasteiger partial charge in [0.2, 0.25) is 0 Å². The molecule has 1 aromatic heterocycles. The van der Waals surface area contributed by atoms with Gasteiger partial charge in [0, 0.05) is 25.3 Å². The largest absolute Gasteiger partial charge is 0.468 e. The van der Waals surface area contributed by atoms with Gasteiger partial charge in [-0.25, -0.2) is 0 Å². The number of rotatable bonds is 5. The molecule has 0 spiro atoms. The molecule has 6 nitrogen and oxygen atoms in total. The van der Waals surface area contributed by atoms with Crippen LogP contribution >= 0.6 is 0 Å². The van der Waals surface area contributed by atoms with E-state index < -0.39 is 11.8 Å². The Morgan fingerprint density at radius 3 is 2.63 bits per heavy atom.